The first-order valence-electron chi connectivity index (χ1n) is 9.03. The van der Waals surface area contributed by atoms with E-state index in [0.717, 1.165) is 28.1 Å². The van der Waals surface area contributed by atoms with E-state index < -0.39 is 0 Å². The topological polar surface area (TPSA) is 46.9 Å². The zero-order valence-corrected chi connectivity index (χ0v) is 16.9. The molecule has 3 aromatic carbocycles. The van der Waals surface area contributed by atoms with Crippen molar-refractivity contribution in [1.29, 1.82) is 0 Å². The Labute approximate surface area is 178 Å². The summed E-state index contributed by atoms with van der Waals surface area (Å²) in [4.78, 5) is 12.6. The first kappa shape index (κ1) is 19.2. The first-order valence-corrected chi connectivity index (χ1v) is 9.79. The SMILES string of the molecule is O=C(Cc1ccccc1Cl)Nc1ccccc1-c1cnn(-c2ccc(Cl)cc2)c1. The summed E-state index contributed by atoms with van der Waals surface area (Å²) in [6.07, 6.45) is 3.90. The smallest absolute Gasteiger partial charge is 0.228 e. The van der Waals surface area contributed by atoms with Crippen LogP contribution in [0.5, 0.6) is 0 Å². The summed E-state index contributed by atoms with van der Waals surface area (Å²) >= 11 is 12.1. The molecule has 0 bridgehead atoms. The number of nitrogens with zero attached hydrogens (tertiary/aromatic N) is 2. The minimum absolute atomic E-state index is 0.129. The lowest BCUT2D eigenvalue weighted by Crippen LogP contribution is -2.15. The molecule has 1 N–H and O–H groups in total. The standard InChI is InChI=1S/C23H17Cl2N3O/c24-18-9-11-19(12-10-18)28-15-17(14-26-28)20-6-2-4-8-22(20)27-23(29)13-16-5-1-3-7-21(16)25/h1-12,14-15H,13H2,(H,27,29). The Morgan fingerprint density at radius 3 is 2.45 bits per heavy atom. The number of hydrogen-bond acceptors (Lipinski definition) is 2. The van der Waals surface area contributed by atoms with Gasteiger partial charge < -0.3 is 5.32 Å². The van der Waals surface area contributed by atoms with Crippen LogP contribution in [0, 0.1) is 0 Å². The summed E-state index contributed by atoms with van der Waals surface area (Å²) in [6, 6.07) is 22.4. The predicted molar refractivity (Wildman–Crippen MR) is 118 cm³/mol. The van der Waals surface area contributed by atoms with Crippen LogP contribution in [0.1, 0.15) is 5.56 Å². The third kappa shape index (κ3) is 4.50. The highest BCUT2D eigenvalue weighted by Gasteiger charge is 2.12. The molecule has 4 nitrogen and oxygen atoms in total. The van der Waals surface area contributed by atoms with Gasteiger partial charge >= 0.3 is 0 Å². The van der Waals surface area contributed by atoms with Crippen molar-refractivity contribution in [2.75, 3.05) is 5.32 Å². The maximum atomic E-state index is 12.6. The molecule has 0 saturated carbocycles. The number of anilines is 1. The summed E-state index contributed by atoms with van der Waals surface area (Å²) in [7, 11) is 0. The van der Waals surface area contributed by atoms with Crippen LogP contribution < -0.4 is 5.32 Å². The normalized spacial score (nSPS) is 10.7. The van der Waals surface area contributed by atoms with Crippen molar-refractivity contribution >= 4 is 34.8 Å². The number of rotatable bonds is 5. The van der Waals surface area contributed by atoms with E-state index in [-0.39, 0.29) is 12.3 Å². The maximum absolute atomic E-state index is 12.6. The van der Waals surface area contributed by atoms with Gasteiger partial charge in [0.15, 0.2) is 0 Å². The lowest BCUT2D eigenvalue weighted by atomic mass is 10.1. The highest BCUT2D eigenvalue weighted by molar-refractivity contribution is 6.31. The van der Waals surface area contributed by atoms with Crippen molar-refractivity contribution in [3.05, 3.63) is 101 Å². The monoisotopic (exact) mass is 421 g/mol. The number of amides is 1. The van der Waals surface area contributed by atoms with Gasteiger partial charge in [-0.3, -0.25) is 4.79 Å². The Bertz CT molecular complexity index is 1150. The van der Waals surface area contributed by atoms with E-state index >= 15 is 0 Å². The van der Waals surface area contributed by atoms with Gasteiger partial charge in [-0.15, -0.1) is 0 Å². The van der Waals surface area contributed by atoms with Crippen molar-refractivity contribution in [2.24, 2.45) is 0 Å². The van der Waals surface area contributed by atoms with Gasteiger partial charge in [0.25, 0.3) is 0 Å². The Morgan fingerprint density at radius 1 is 0.931 bits per heavy atom. The summed E-state index contributed by atoms with van der Waals surface area (Å²) < 4.78 is 1.77. The fourth-order valence-corrected chi connectivity index (χ4v) is 3.38. The molecule has 0 atom stereocenters. The van der Waals surface area contributed by atoms with Gasteiger partial charge in [-0.2, -0.15) is 5.10 Å². The molecule has 0 spiro atoms. The highest BCUT2D eigenvalue weighted by Crippen LogP contribution is 2.28. The van der Waals surface area contributed by atoms with Crippen molar-refractivity contribution < 1.29 is 4.79 Å². The molecule has 29 heavy (non-hydrogen) atoms. The summed E-state index contributed by atoms with van der Waals surface area (Å²) in [5.41, 5.74) is 4.20. The van der Waals surface area contributed by atoms with Crippen molar-refractivity contribution in [1.82, 2.24) is 9.78 Å². The quantitative estimate of drug-likeness (QED) is 0.427. The summed E-state index contributed by atoms with van der Waals surface area (Å²) in [5, 5.41) is 8.68. The molecule has 0 fully saturated rings. The minimum atomic E-state index is -0.129. The summed E-state index contributed by atoms with van der Waals surface area (Å²) in [6.45, 7) is 0. The van der Waals surface area contributed by atoms with Crippen LogP contribution in [0.15, 0.2) is 85.2 Å². The second kappa shape index (κ2) is 8.52. The largest absolute Gasteiger partial charge is 0.325 e. The third-order valence-electron chi connectivity index (χ3n) is 4.49. The fraction of sp³-hybridized carbons (Fsp3) is 0.0435. The van der Waals surface area contributed by atoms with Gasteiger partial charge in [0.1, 0.15) is 0 Å². The number of hydrogen-bond donors (Lipinski definition) is 1. The van der Waals surface area contributed by atoms with Crippen molar-refractivity contribution in [2.45, 2.75) is 6.42 Å². The molecule has 1 aromatic heterocycles. The fourth-order valence-electron chi connectivity index (χ4n) is 3.05. The molecule has 0 aliphatic rings. The van der Waals surface area contributed by atoms with E-state index in [2.05, 4.69) is 10.4 Å². The number of carbonyl (C=O) groups is 1. The van der Waals surface area contributed by atoms with E-state index in [1.54, 1.807) is 16.9 Å². The second-order valence-corrected chi connectivity index (χ2v) is 7.36. The third-order valence-corrected chi connectivity index (χ3v) is 5.12. The van der Waals surface area contributed by atoms with Crippen LogP contribution in [-0.4, -0.2) is 15.7 Å². The van der Waals surface area contributed by atoms with Gasteiger partial charge in [-0.25, -0.2) is 4.68 Å². The Balaban J connectivity index is 1.56. The lowest BCUT2D eigenvalue weighted by molar-refractivity contribution is -0.115. The van der Waals surface area contributed by atoms with E-state index in [4.69, 9.17) is 23.2 Å². The predicted octanol–water partition coefficient (Wildman–Crippen LogP) is 6.03. The van der Waals surface area contributed by atoms with Crippen LogP contribution in [0.2, 0.25) is 10.0 Å². The molecule has 0 saturated heterocycles. The summed E-state index contributed by atoms with van der Waals surface area (Å²) in [5.74, 6) is -0.129. The highest BCUT2D eigenvalue weighted by atomic mass is 35.5. The zero-order valence-electron chi connectivity index (χ0n) is 15.3. The van der Waals surface area contributed by atoms with Crippen LogP contribution in [-0.2, 0) is 11.2 Å². The number of aromatic nitrogens is 2. The molecule has 0 radical (unpaired) electrons. The molecule has 6 heteroatoms. The van der Waals surface area contributed by atoms with E-state index in [0.29, 0.717) is 10.0 Å². The Morgan fingerprint density at radius 2 is 1.66 bits per heavy atom. The number of halogens is 2. The van der Waals surface area contributed by atoms with E-state index in [1.165, 1.54) is 0 Å². The van der Waals surface area contributed by atoms with Gasteiger partial charge in [0.05, 0.1) is 18.3 Å². The molecule has 4 rings (SSSR count). The van der Waals surface area contributed by atoms with Crippen LogP contribution in [0.3, 0.4) is 0 Å². The molecule has 0 unspecified atom stereocenters. The molecule has 0 aliphatic carbocycles. The molecular formula is C23H17Cl2N3O. The second-order valence-electron chi connectivity index (χ2n) is 6.51. The average Bonchev–Trinajstić information content (AvgIpc) is 3.21. The number of carbonyl (C=O) groups excluding carboxylic acids is 1. The molecule has 1 heterocycles. The minimum Gasteiger partial charge on any atom is -0.325 e. The molecule has 1 amide bonds. The first-order chi connectivity index (χ1) is 14.1. The molecular weight excluding hydrogens is 405 g/mol. The molecule has 144 valence electrons. The Kier molecular flexibility index (Phi) is 5.65. The maximum Gasteiger partial charge on any atom is 0.228 e. The Hall–Kier alpha value is -3.08. The van der Waals surface area contributed by atoms with Gasteiger partial charge in [-0.1, -0.05) is 59.6 Å². The number of nitrogens with one attached hydrogen (secondary N) is 1. The van der Waals surface area contributed by atoms with Crippen molar-refractivity contribution in [3.8, 4) is 16.8 Å². The van der Waals surface area contributed by atoms with Gasteiger partial charge in [0.2, 0.25) is 5.91 Å². The number of para-hydroxylation sites is 1. The van der Waals surface area contributed by atoms with E-state index in [9.17, 15) is 4.79 Å². The van der Waals surface area contributed by atoms with Crippen LogP contribution in [0.4, 0.5) is 5.69 Å². The lowest BCUT2D eigenvalue weighted by Gasteiger charge is -2.10. The molecule has 4 aromatic rings. The van der Waals surface area contributed by atoms with Crippen LogP contribution in [0.25, 0.3) is 16.8 Å². The van der Waals surface area contributed by atoms with E-state index in [1.807, 2.05) is 72.9 Å². The zero-order chi connectivity index (χ0) is 20.2. The van der Waals surface area contributed by atoms with Gasteiger partial charge in [0, 0.05) is 33.1 Å². The van der Waals surface area contributed by atoms with Crippen LogP contribution >= 0.6 is 23.2 Å². The number of benzene rings is 3. The molecule has 0 aliphatic heterocycles. The van der Waals surface area contributed by atoms with Crippen molar-refractivity contribution in [3.63, 3.8) is 0 Å². The average molecular weight is 422 g/mol. The van der Waals surface area contributed by atoms with Gasteiger partial charge in [-0.05, 0) is 42.0 Å².